The number of rotatable bonds is 3. The Morgan fingerprint density at radius 3 is 2.73 bits per heavy atom. The van der Waals surface area contributed by atoms with Crippen molar-refractivity contribution in [3.8, 4) is 0 Å². The van der Waals surface area contributed by atoms with Crippen molar-refractivity contribution in [3.63, 3.8) is 0 Å². The quantitative estimate of drug-likeness (QED) is 0.336. The minimum atomic E-state index is 0.0222. The molecule has 0 radical (unpaired) electrons. The first-order valence-electron chi connectivity index (χ1n) is 4.74. The highest BCUT2D eigenvalue weighted by atomic mass is 16.4. The summed E-state index contributed by atoms with van der Waals surface area (Å²) < 4.78 is 0. The first-order valence-corrected chi connectivity index (χ1v) is 4.74. The Bertz CT molecular complexity index is 362. The normalized spacial score (nSPS) is 11.9. The molecule has 0 aromatic carbocycles. The maximum atomic E-state index is 8.54. The van der Waals surface area contributed by atoms with Crippen molar-refractivity contribution in [1.82, 2.24) is 4.98 Å². The van der Waals surface area contributed by atoms with Gasteiger partial charge in [-0.1, -0.05) is 11.2 Å². The molecule has 3 N–H and O–H groups in total. The second-order valence-electron chi connectivity index (χ2n) is 3.57. The van der Waals surface area contributed by atoms with Crippen molar-refractivity contribution < 1.29 is 5.21 Å². The molecule has 0 aliphatic carbocycles. The summed E-state index contributed by atoms with van der Waals surface area (Å²) in [5, 5.41) is 11.5. The molecular formula is C10H16N4O. The van der Waals surface area contributed by atoms with Crippen molar-refractivity contribution >= 4 is 11.7 Å². The monoisotopic (exact) mass is 208 g/mol. The van der Waals surface area contributed by atoms with Gasteiger partial charge in [-0.15, -0.1) is 0 Å². The summed E-state index contributed by atoms with van der Waals surface area (Å²) in [7, 11) is 1.95. The van der Waals surface area contributed by atoms with Crippen LogP contribution in [0.2, 0.25) is 0 Å². The largest absolute Gasteiger partial charge is 0.409 e. The van der Waals surface area contributed by atoms with Gasteiger partial charge in [0.2, 0.25) is 0 Å². The van der Waals surface area contributed by atoms with Crippen LogP contribution >= 0.6 is 0 Å². The number of anilines is 1. The van der Waals surface area contributed by atoms with Gasteiger partial charge in [0, 0.05) is 13.1 Å². The molecule has 0 saturated carbocycles. The molecule has 5 nitrogen and oxygen atoms in total. The zero-order chi connectivity index (χ0) is 11.4. The van der Waals surface area contributed by atoms with Crippen LogP contribution in [0.3, 0.4) is 0 Å². The third-order valence-electron chi connectivity index (χ3n) is 2.24. The second kappa shape index (κ2) is 4.63. The summed E-state index contributed by atoms with van der Waals surface area (Å²) in [6.45, 7) is 4.13. The fourth-order valence-corrected chi connectivity index (χ4v) is 1.08. The van der Waals surface area contributed by atoms with E-state index in [9.17, 15) is 0 Å². The van der Waals surface area contributed by atoms with Gasteiger partial charge in [-0.25, -0.2) is 4.98 Å². The average molecular weight is 208 g/mol. The van der Waals surface area contributed by atoms with Gasteiger partial charge in [0.25, 0.3) is 0 Å². The Hall–Kier alpha value is -1.78. The molecule has 0 aliphatic rings. The third kappa shape index (κ3) is 2.59. The first-order chi connectivity index (χ1) is 7.06. The van der Waals surface area contributed by atoms with Crippen LogP contribution < -0.4 is 10.6 Å². The maximum Gasteiger partial charge on any atom is 0.188 e. The molecule has 1 heterocycles. The minimum absolute atomic E-state index is 0.0222. The van der Waals surface area contributed by atoms with Gasteiger partial charge in [0.05, 0.1) is 0 Å². The average Bonchev–Trinajstić information content (AvgIpc) is 2.27. The summed E-state index contributed by atoms with van der Waals surface area (Å²) in [5.41, 5.74) is 5.93. The number of pyridine rings is 1. The number of nitrogens with zero attached hydrogens (tertiary/aromatic N) is 3. The highest BCUT2D eigenvalue weighted by Gasteiger charge is 2.08. The molecule has 1 aromatic heterocycles. The van der Waals surface area contributed by atoms with E-state index in [1.165, 1.54) is 0 Å². The Morgan fingerprint density at radius 2 is 2.20 bits per heavy atom. The van der Waals surface area contributed by atoms with E-state index < -0.39 is 0 Å². The topological polar surface area (TPSA) is 74.7 Å². The molecule has 0 spiro atoms. The molecule has 5 heteroatoms. The van der Waals surface area contributed by atoms with Gasteiger partial charge >= 0.3 is 0 Å². The lowest BCUT2D eigenvalue weighted by Gasteiger charge is -2.22. The van der Waals surface area contributed by atoms with Crippen molar-refractivity contribution in [2.45, 2.75) is 19.9 Å². The molecule has 0 amide bonds. The van der Waals surface area contributed by atoms with Crippen molar-refractivity contribution in [2.75, 3.05) is 11.9 Å². The molecule has 1 aromatic rings. The number of hydrogen-bond donors (Lipinski definition) is 2. The van der Waals surface area contributed by atoms with E-state index in [2.05, 4.69) is 24.0 Å². The predicted molar refractivity (Wildman–Crippen MR) is 60.3 cm³/mol. The smallest absolute Gasteiger partial charge is 0.188 e. The van der Waals surface area contributed by atoms with Gasteiger partial charge in [0.15, 0.2) is 5.84 Å². The lowest BCUT2D eigenvalue weighted by molar-refractivity contribution is 0.318. The van der Waals surface area contributed by atoms with Crippen molar-refractivity contribution in [1.29, 1.82) is 0 Å². The zero-order valence-corrected chi connectivity index (χ0v) is 9.18. The molecule has 0 fully saturated rings. The fraction of sp³-hybridized carbons (Fsp3) is 0.400. The van der Waals surface area contributed by atoms with Gasteiger partial charge in [-0.2, -0.15) is 0 Å². The SMILES string of the molecule is CC(C)N(C)c1cccc(C(N)=NO)n1. The zero-order valence-electron chi connectivity index (χ0n) is 9.18. The number of nitrogens with two attached hydrogens (primary N) is 1. The van der Waals surface area contributed by atoms with E-state index in [1.54, 1.807) is 6.07 Å². The Morgan fingerprint density at radius 1 is 1.53 bits per heavy atom. The Balaban J connectivity index is 3.02. The molecule has 0 unspecified atom stereocenters. The first kappa shape index (κ1) is 11.3. The standard InChI is InChI=1S/C10H16N4O/c1-7(2)14(3)9-6-4-5-8(12-9)10(11)13-15/h4-7,15H,1-3H3,(H2,11,13). The summed E-state index contributed by atoms with van der Waals surface area (Å²) >= 11 is 0. The maximum absolute atomic E-state index is 8.54. The molecule has 0 aliphatic heterocycles. The van der Waals surface area contributed by atoms with E-state index in [1.807, 2.05) is 24.1 Å². The van der Waals surface area contributed by atoms with Crippen LogP contribution in [-0.4, -0.2) is 29.1 Å². The van der Waals surface area contributed by atoms with Gasteiger partial charge in [0.1, 0.15) is 11.5 Å². The lowest BCUT2D eigenvalue weighted by atomic mass is 10.3. The molecule has 0 bridgehead atoms. The fourth-order valence-electron chi connectivity index (χ4n) is 1.08. The molecule has 0 saturated heterocycles. The van der Waals surface area contributed by atoms with Crippen LogP contribution in [-0.2, 0) is 0 Å². The van der Waals surface area contributed by atoms with Crippen LogP contribution in [0.15, 0.2) is 23.4 Å². The number of aromatic nitrogens is 1. The summed E-state index contributed by atoms with van der Waals surface area (Å²) in [6, 6.07) is 5.76. The third-order valence-corrected chi connectivity index (χ3v) is 2.24. The molecule has 82 valence electrons. The molecule has 15 heavy (non-hydrogen) atoms. The van der Waals surface area contributed by atoms with E-state index in [0.717, 1.165) is 5.82 Å². The number of amidine groups is 1. The van der Waals surface area contributed by atoms with Crippen LogP contribution in [0.1, 0.15) is 19.5 Å². The van der Waals surface area contributed by atoms with E-state index in [-0.39, 0.29) is 5.84 Å². The van der Waals surface area contributed by atoms with E-state index in [0.29, 0.717) is 11.7 Å². The van der Waals surface area contributed by atoms with Crippen LogP contribution in [0.5, 0.6) is 0 Å². The van der Waals surface area contributed by atoms with Crippen LogP contribution in [0.25, 0.3) is 0 Å². The summed E-state index contributed by atoms with van der Waals surface area (Å²) in [6.07, 6.45) is 0. The van der Waals surface area contributed by atoms with Gasteiger partial charge < -0.3 is 15.8 Å². The van der Waals surface area contributed by atoms with Crippen LogP contribution in [0.4, 0.5) is 5.82 Å². The predicted octanol–water partition coefficient (Wildman–Crippen LogP) is 1.02. The van der Waals surface area contributed by atoms with Crippen molar-refractivity contribution in [2.24, 2.45) is 10.9 Å². The van der Waals surface area contributed by atoms with E-state index in [4.69, 9.17) is 10.9 Å². The van der Waals surface area contributed by atoms with Crippen LogP contribution in [0, 0.1) is 0 Å². The van der Waals surface area contributed by atoms with E-state index >= 15 is 0 Å². The van der Waals surface area contributed by atoms with Crippen molar-refractivity contribution in [3.05, 3.63) is 23.9 Å². The minimum Gasteiger partial charge on any atom is -0.409 e. The molecule has 1 rings (SSSR count). The molecule has 0 atom stereocenters. The summed E-state index contributed by atoms with van der Waals surface area (Å²) in [5.74, 6) is 0.822. The number of hydrogen-bond acceptors (Lipinski definition) is 4. The summed E-state index contributed by atoms with van der Waals surface area (Å²) in [4.78, 5) is 6.28. The van der Waals surface area contributed by atoms with Gasteiger partial charge in [-0.3, -0.25) is 0 Å². The highest BCUT2D eigenvalue weighted by molar-refractivity contribution is 5.95. The second-order valence-corrected chi connectivity index (χ2v) is 3.57. The lowest BCUT2D eigenvalue weighted by Crippen LogP contribution is -2.27. The highest BCUT2D eigenvalue weighted by Crippen LogP contribution is 2.12. The number of oxime groups is 1. The van der Waals surface area contributed by atoms with Gasteiger partial charge in [-0.05, 0) is 26.0 Å². The Labute approximate surface area is 89.2 Å². The molecular weight excluding hydrogens is 192 g/mol. The Kier molecular flexibility index (Phi) is 3.49.